The number of rotatable bonds is 3. The fourth-order valence-corrected chi connectivity index (χ4v) is 1.46. The number of hydrogen-bond acceptors (Lipinski definition) is 3. The molecule has 0 bridgehead atoms. The number of halogens is 3. The molecule has 0 aliphatic rings. The Labute approximate surface area is 107 Å². The molecule has 0 aliphatic carbocycles. The first-order valence-corrected chi connectivity index (χ1v) is 5.06. The van der Waals surface area contributed by atoms with Crippen LogP contribution >= 0.6 is 11.6 Å². The van der Waals surface area contributed by atoms with Crippen LogP contribution in [0, 0.1) is 34.3 Å². The van der Waals surface area contributed by atoms with Gasteiger partial charge in [0.2, 0.25) is 0 Å². The maximum atomic E-state index is 13.0. The van der Waals surface area contributed by atoms with Crippen molar-refractivity contribution in [1.82, 2.24) is 4.90 Å². The Balaban J connectivity index is 3.14. The smallest absolute Gasteiger partial charge is 0.257 e. The normalized spacial score (nSPS) is 9.39. The van der Waals surface area contributed by atoms with Crippen LogP contribution in [-0.4, -0.2) is 23.9 Å². The standard InChI is InChI=1S/C11H6ClF2N3O/c12-8-6-10(14)9(13)5-7(8)11(18)17(3-1-15)4-2-16/h5-6H,3-4H2. The molecule has 0 aromatic heterocycles. The average Bonchev–Trinajstić information content (AvgIpc) is 2.33. The lowest BCUT2D eigenvalue weighted by Crippen LogP contribution is -2.32. The molecule has 7 heteroatoms. The van der Waals surface area contributed by atoms with Gasteiger partial charge in [0, 0.05) is 0 Å². The highest BCUT2D eigenvalue weighted by molar-refractivity contribution is 6.33. The second-order valence-corrected chi connectivity index (χ2v) is 3.63. The zero-order chi connectivity index (χ0) is 13.7. The topological polar surface area (TPSA) is 67.9 Å². The molecule has 0 saturated heterocycles. The molecule has 92 valence electrons. The number of benzene rings is 1. The minimum Gasteiger partial charge on any atom is -0.312 e. The quantitative estimate of drug-likeness (QED) is 0.623. The second kappa shape index (κ2) is 5.95. The van der Waals surface area contributed by atoms with Crippen molar-refractivity contribution in [2.24, 2.45) is 0 Å². The predicted molar refractivity (Wildman–Crippen MR) is 58.5 cm³/mol. The monoisotopic (exact) mass is 269 g/mol. The molecule has 0 fully saturated rings. The van der Waals surface area contributed by atoms with E-state index in [1.807, 2.05) is 0 Å². The Morgan fingerprint density at radius 1 is 1.22 bits per heavy atom. The highest BCUT2D eigenvalue weighted by Gasteiger charge is 2.20. The summed E-state index contributed by atoms with van der Waals surface area (Å²) in [5, 5.41) is 16.7. The molecule has 0 aliphatic heterocycles. The average molecular weight is 270 g/mol. The number of carbonyl (C=O) groups excluding carboxylic acids is 1. The van der Waals surface area contributed by atoms with E-state index in [0.717, 1.165) is 4.90 Å². The number of nitrogens with zero attached hydrogens (tertiary/aromatic N) is 3. The Bertz CT molecular complexity index is 547. The van der Waals surface area contributed by atoms with Crippen LogP contribution in [-0.2, 0) is 0 Å². The van der Waals surface area contributed by atoms with Crippen molar-refractivity contribution in [3.8, 4) is 12.1 Å². The maximum absolute atomic E-state index is 13.0. The van der Waals surface area contributed by atoms with Crippen LogP contribution in [0.1, 0.15) is 10.4 Å². The Morgan fingerprint density at radius 2 is 1.72 bits per heavy atom. The predicted octanol–water partition coefficient (Wildman–Crippen LogP) is 2.11. The lowest BCUT2D eigenvalue weighted by atomic mass is 10.2. The number of amides is 1. The van der Waals surface area contributed by atoms with E-state index in [1.165, 1.54) is 0 Å². The van der Waals surface area contributed by atoms with Crippen molar-refractivity contribution < 1.29 is 13.6 Å². The van der Waals surface area contributed by atoms with E-state index >= 15 is 0 Å². The number of hydrogen-bond donors (Lipinski definition) is 0. The first-order valence-electron chi connectivity index (χ1n) is 4.69. The summed E-state index contributed by atoms with van der Waals surface area (Å²) in [6.07, 6.45) is 0. The molecule has 18 heavy (non-hydrogen) atoms. The van der Waals surface area contributed by atoms with Crippen LogP contribution in [0.2, 0.25) is 5.02 Å². The van der Waals surface area contributed by atoms with E-state index in [0.29, 0.717) is 12.1 Å². The minimum atomic E-state index is -1.23. The summed E-state index contributed by atoms with van der Waals surface area (Å²) in [5.41, 5.74) is -0.291. The molecule has 4 nitrogen and oxygen atoms in total. The molecule has 1 aromatic carbocycles. The van der Waals surface area contributed by atoms with Gasteiger partial charge in [-0.2, -0.15) is 10.5 Å². The van der Waals surface area contributed by atoms with E-state index in [9.17, 15) is 13.6 Å². The summed E-state index contributed by atoms with van der Waals surface area (Å²) in [6, 6.07) is 4.69. The van der Waals surface area contributed by atoms with Crippen LogP contribution in [0.5, 0.6) is 0 Å². The molecule has 0 atom stereocenters. The van der Waals surface area contributed by atoms with Crippen molar-refractivity contribution >= 4 is 17.5 Å². The molecule has 1 amide bonds. The molecule has 0 radical (unpaired) electrons. The first kappa shape index (κ1) is 13.9. The molecular weight excluding hydrogens is 264 g/mol. The third-order valence-electron chi connectivity index (χ3n) is 2.05. The maximum Gasteiger partial charge on any atom is 0.257 e. The summed E-state index contributed by atoms with van der Waals surface area (Å²) in [4.78, 5) is 12.7. The molecular formula is C11H6ClF2N3O. The third-order valence-corrected chi connectivity index (χ3v) is 2.36. The highest BCUT2D eigenvalue weighted by Crippen LogP contribution is 2.21. The van der Waals surface area contributed by atoms with Crippen LogP contribution in [0.25, 0.3) is 0 Å². The SMILES string of the molecule is N#CCN(CC#N)C(=O)c1cc(F)c(F)cc1Cl. The van der Waals surface area contributed by atoms with E-state index in [2.05, 4.69) is 0 Å². The molecule has 0 saturated carbocycles. The van der Waals surface area contributed by atoms with Gasteiger partial charge in [0.15, 0.2) is 11.6 Å². The van der Waals surface area contributed by atoms with Gasteiger partial charge in [0.25, 0.3) is 5.91 Å². The Morgan fingerprint density at radius 3 is 2.22 bits per heavy atom. The molecule has 0 spiro atoms. The minimum absolute atomic E-state index is 0.278. The van der Waals surface area contributed by atoms with Crippen LogP contribution in [0.4, 0.5) is 8.78 Å². The van der Waals surface area contributed by atoms with Gasteiger partial charge in [-0.25, -0.2) is 8.78 Å². The van der Waals surface area contributed by atoms with Crippen molar-refractivity contribution in [3.05, 3.63) is 34.4 Å². The van der Waals surface area contributed by atoms with Gasteiger partial charge >= 0.3 is 0 Å². The number of carbonyl (C=O) groups is 1. The molecule has 1 rings (SSSR count). The van der Waals surface area contributed by atoms with E-state index < -0.39 is 17.5 Å². The lowest BCUT2D eigenvalue weighted by Gasteiger charge is -2.16. The molecule has 0 unspecified atom stereocenters. The first-order chi connectivity index (χ1) is 8.51. The van der Waals surface area contributed by atoms with Crippen molar-refractivity contribution in [2.75, 3.05) is 13.1 Å². The van der Waals surface area contributed by atoms with Gasteiger partial charge in [0.05, 0.1) is 22.7 Å². The fraction of sp³-hybridized carbons (Fsp3) is 0.182. The zero-order valence-electron chi connectivity index (χ0n) is 8.95. The van der Waals surface area contributed by atoms with Gasteiger partial charge in [-0.1, -0.05) is 11.6 Å². The fourth-order valence-electron chi connectivity index (χ4n) is 1.23. The summed E-state index contributed by atoms with van der Waals surface area (Å²) >= 11 is 5.62. The largest absolute Gasteiger partial charge is 0.312 e. The molecule has 0 heterocycles. The molecule has 0 N–H and O–H groups in total. The van der Waals surface area contributed by atoms with Gasteiger partial charge in [-0.15, -0.1) is 0 Å². The van der Waals surface area contributed by atoms with Crippen molar-refractivity contribution in [2.45, 2.75) is 0 Å². The highest BCUT2D eigenvalue weighted by atomic mass is 35.5. The lowest BCUT2D eigenvalue weighted by molar-refractivity contribution is 0.0794. The van der Waals surface area contributed by atoms with E-state index in [1.54, 1.807) is 12.1 Å². The summed E-state index contributed by atoms with van der Waals surface area (Å²) in [5.74, 6) is -3.21. The molecule has 1 aromatic rings. The van der Waals surface area contributed by atoms with Gasteiger partial charge < -0.3 is 4.90 Å². The third kappa shape index (κ3) is 2.93. The van der Waals surface area contributed by atoms with E-state index in [-0.39, 0.29) is 23.7 Å². The van der Waals surface area contributed by atoms with Gasteiger partial charge in [0.1, 0.15) is 13.1 Å². The van der Waals surface area contributed by atoms with Gasteiger partial charge in [-0.3, -0.25) is 4.79 Å². The van der Waals surface area contributed by atoms with Gasteiger partial charge in [-0.05, 0) is 12.1 Å². The van der Waals surface area contributed by atoms with E-state index in [4.69, 9.17) is 22.1 Å². The summed E-state index contributed by atoms with van der Waals surface area (Å²) < 4.78 is 25.9. The van der Waals surface area contributed by atoms with Crippen molar-refractivity contribution in [3.63, 3.8) is 0 Å². The van der Waals surface area contributed by atoms with Crippen LogP contribution in [0.15, 0.2) is 12.1 Å². The zero-order valence-corrected chi connectivity index (χ0v) is 9.71. The Hall–Kier alpha value is -2.18. The van der Waals surface area contributed by atoms with Crippen LogP contribution < -0.4 is 0 Å². The summed E-state index contributed by atoms with van der Waals surface area (Å²) in [7, 11) is 0. The number of nitriles is 2. The Kier molecular flexibility index (Phi) is 4.59. The van der Waals surface area contributed by atoms with Crippen LogP contribution in [0.3, 0.4) is 0 Å². The van der Waals surface area contributed by atoms with Crippen molar-refractivity contribution in [1.29, 1.82) is 10.5 Å². The second-order valence-electron chi connectivity index (χ2n) is 3.22. The summed E-state index contributed by atoms with van der Waals surface area (Å²) in [6.45, 7) is -0.691.